The van der Waals surface area contributed by atoms with E-state index in [-0.39, 0.29) is 23.1 Å². The smallest absolute Gasteiger partial charge is 0.233 e. The van der Waals surface area contributed by atoms with Crippen LogP contribution in [0.5, 0.6) is 0 Å². The summed E-state index contributed by atoms with van der Waals surface area (Å²) in [5, 5.41) is 2.71. The maximum atomic E-state index is 11.9. The molecule has 17 heavy (non-hydrogen) atoms. The maximum absolute atomic E-state index is 11.9. The number of benzene rings is 1. The van der Waals surface area contributed by atoms with Crippen molar-refractivity contribution in [1.82, 2.24) is 5.32 Å². The molecule has 0 aliphatic heterocycles. The fraction of sp³-hybridized carbons (Fsp3) is 0.462. The summed E-state index contributed by atoms with van der Waals surface area (Å²) in [4.78, 5) is 11.9. The number of nitrogens with one attached hydrogen (secondary N) is 1. The summed E-state index contributed by atoms with van der Waals surface area (Å²) in [7, 11) is 0. The lowest BCUT2D eigenvalue weighted by Crippen LogP contribution is -2.36. The van der Waals surface area contributed by atoms with Gasteiger partial charge in [-0.2, -0.15) is 12.6 Å². The molecule has 2 nitrogen and oxygen atoms in total. The van der Waals surface area contributed by atoms with Crippen LogP contribution >= 0.6 is 28.6 Å². The first-order valence-corrected chi connectivity index (χ1v) is 6.96. The van der Waals surface area contributed by atoms with E-state index in [0.29, 0.717) is 0 Å². The van der Waals surface area contributed by atoms with Gasteiger partial charge in [0.2, 0.25) is 5.91 Å². The highest BCUT2D eigenvalue weighted by molar-refractivity contribution is 9.10. The second-order valence-corrected chi connectivity index (χ2v) is 5.95. The van der Waals surface area contributed by atoms with Crippen LogP contribution in [0, 0.1) is 5.92 Å². The average molecular weight is 316 g/mol. The van der Waals surface area contributed by atoms with Crippen molar-refractivity contribution in [2.45, 2.75) is 32.1 Å². The molecule has 0 aromatic heterocycles. The van der Waals surface area contributed by atoms with Crippen molar-refractivity contribution in [3.8, 4) is 0 Å². The number of hydrogen-bond donors (Lipinski definition) is 2. The molecule has 1 aromatic carbocycles. The maximum Gasteiger partial charge on any atom is 0.233 e. The Morgan fingerprint density at radius 2 is 2.00 bits per heavy atom. The van der Waals surface area contributed by atoms with Crippen LogP contribution in [-0.4, -0.2) is 11.2 Å². The van der Waals surface area contributed by atoms with Gasteiger partial charge in [0.05, 0.1) is 11.3 Å². The Balaban J connectivity index is 2.66. The standard InChI is InChI=1S/C13H18BrNOS/c1-8(2)12(17)13(16)15-9(3)10-5-4-6-11(14)7-10/h4-9,12,17H,1-3H3,(H,15,16). The molecule has 0 saturated heterocycles. The van der Waals surface area contributed by atoms with Crippen LogP contribution in [0.4, 0.5) is 0 Å². The molecule has 4 heteroatoms. The van der Waals surface area contributed by atoms with E-state index >= 15 is 0 Å². The number of carbonyl (C=O) groups is 1. The molecular formula is C13H18BrNOS. The van der Waals surface area contributed by atoms with E-state index in [1.165, 1.54) is 0 Å². The summed E-state index contributed by atoms with van der Waals surface area (Å²) in [6.07, 6.45) is 0. The van der Waals surface area contributed by atoms with Gasteiger partial charge in [0, 0.05) is 4.47 Å². The van der Waals surface area contributed by atoms with E-state index < -0.39 is 0 Å². The van der Waals surface area contributed by atoms with E-state index in [4.69, 9.17) is 0 Å². The van der Waals surface area contributed by atoms with Gasteiger partial charge in [0.15, 0.2) is 0 Å². The third-order valence-corrected chi connectivity index (χ3v) is 3.93. The average Bonchev–Trinajstić information content (AvgIpc) is 2.27. The van der Waals surface area contributed by atoms with Crippen molar-refractivity contribution in [2.24, 2.45) is 5.92 Å². The summed E-state index contributed by atoms with van der Waals surface area (Å²) >= 11 is 7.73. The third kappa shape index (κ3) is 4.36. The second kappa shape index (κ2) is 6.45. The Morgan fingerprint density at radius 1 is 1.35 bits per heavy atom. The number of amides is 1. The van der Waals surface area contributed by atoms with Gasteiger partial charge >= 0.3 is 0 Å². The summed E-state index contributed by atoms with van der Waals surface area (Å²) < 4.78 is 1.02. The van der Waals surface area contributed by atoms with Gasteiger partial charge in [-0.25, -0.2) is 0 Å². The fourth-order valence-corrected chi connectivity index (χ4v) is 1.95. The minimum absolute atomic E-state index is 0.00611. The lowest BCUT2D eigenvalue weighted by molar-refractivity contribution is -0.121. The van der Waals surface area contributed by atoms with Crippen molar-refractivity contribution in [3.63, 3.8) is 0 Å². The third-order valence-electron chi connectivity index (χ3n) is 2.61. The van der Waals surface area contributed by atoms with Gasteiger partial charge in [0.1, 0.15) is 0 Å². The topological polar surface area (TPSA) is 29.1 Å². The Hall–Kier alpha value is -0.480. The fourth-order valence-electron chi connectivity index (χ4n) is 1.46. The number of hydrogen-bond acceptors (Lipinski definition) is 2. The van der Waals surface area contributed by atoms with Crippen LogP contribution in [0.1, 0.15) is 32.4 Å². The molecule has 0 heterocycles. The molecule has 1 aromatic rings. The highest BCUT2D eigenvalue weighted by Crippen LogP contribution is 2.19. The molecule has 0 aliphatic rings. The van der Waals surface area contributed by atoms with Gasteiger partial charge in [0.25, 0.3) is 0 Å². The number of carbonyl (C=O) groups excluding carboxylic acids is 1. The van der Waals surface area contributed by atoms with Crippen molar-refractivity contribution in [3.05, 3.63) is 34.3 Å². The molecule has 0 bridgehead atoms. The predicted octanol–water partition coefficient (Wildman–Crippen LogP) is 3.58. The van der Waals surface area contributed by atoms with Crippen molar-refractivity contribution >= 4 is 34.5 Å². The quantitative estimate of drug-likeness (QED) is 0.817. The van der Waals surface area contributed by atoms with E-state index in [9.17, 15) is 4.79 Å². The van der Waals surface area contributed by atoms with E-state index in [0.717, 1.165) is 10.0 Å². The summed E-state index contributed by atoms with van der Waals surface area (Å²) in [6.45, 7) is 5.95. The molecule has 1 amide bonds. The molecule has 0 saturated carbocycles. The zero-order valence-electron chi connectivity index (χ0n) is 10.3. The van der Waals surface area contributed by atoms with Gasteiger partial charge < -0.3 is 5.32 Å². The monoisotopic (exact) mass is 315 g/mol. The van der Waals surface area contributed by atoms with Gasteiger partial charge in [-0.15, -0.1) is 0 Å². The highest BCUT2D eigenvalue weighted by Gasteiger charge is 2.19. The first-order chi connectivity index (χ1) is 7.91. The lowest BCUT2D eigenvalue weighted by atomic mass is 10.1. The molecule has 94 valence electrons. The van der Waals surface area contributed by atoms with Crippen molar-refractivity contribution < 1.29 is 4.79 Å². The highest BCUT2D eigenvalue weighted by atomic mass is 79.9. The predicted molar refractivity (Wildman–Crippen MR) is 78.3 cm³/mol. The van der Waals surface area contributed by atoms with Crippen LogP contribution in [-0.2, 0) is 4.79 Å². The summed E-state index contributed by atoms with van der Waals surface area (Å²) in [6, 6.07) is 7.93. The molecule has 0 radical (unpaired) electrons. The number of rotatable bonds is 4. The van der Waals surface area contributed by atoms with Crippen molar-refractivity contribution in [1.29, 1.82) is 0 Å². The van der Waals surface area contributed by atoms with Crippen molar-refractivity contribution in [2.75, 3.05) is 0 Å². The largest absolute Gasteiger partial charge is 0.349 e. The summed E-state index contributed by atoms with van der Waals surface area (Å²) in [5.41, 5.74) is 1.08. The van der Waals surface area contributed by atoms with E-state index in [1.807, 2.05) is 45.0 Å². The molecule has 0 fully saturated rings. The van der Waals surface area contributed by atoms with Gasteiger partial charge in [-0.1, -0.05) is 41.9 Å². The minimum atomic E-state index is -0.260. The van der Waals surface area contributed by atoms with E-state index in [1.54, 1.807) is 0 Å². The molecule has 0 spiro atoms. The Morgan fingerprint density at radius 3 is 2.53 bits per heavy atom. The zero-order valence-corrected chi connectivity index (χ0v) is 12.8. The summed E-state index contributed by atoms with van der Waals surface area (Å²) in [5.74, 6) is 0.212. The van der Waals surface area contributed by atoms with E-state index in [2.05, 4.69) is 33.9 Å². The molecule has 0 aliphatic carbocycles. The zero-order chi connectivity index (χ0) is 13.0. The molecule has 1 rings (SSSR count). The molecule has 2 unspecified atom stereocenters. The first-order valence-electron chi connectivity index (χ1n) is 5.65. The number of halogens is 1. The second-order valence-electron chi connectivity index (χ2n) is 4.47. The minimum Gasteiger partial charge on any atom is -0.349 e. The van der Waals surface area contributed by atoms with Crippen LogP contribution < -0.4 is 5.32 Å². The van der Waals surface area contributed by atoms with Crippen LogP contribution in [0.2, 0.25) is 0 Å². The Labute approximate surface area is 117 Å². The Kier molecular flexibility index (Phi) is 5.53. The van der Waals surface area contributed by atoms with Gasteiger partial charge in [-0.05, 0) is 30.5 Å². The Bertz CT molecular complexity index is 395. The first kappa shape index (κ1) is 14.6. The van der Waals surface area contributed by atoms with Crippen LogP contribution in [0.15, 0.2) is 28.7 Å². The molecule has 2 atom stereocenters. The number of thiol groups is 1. The molecule has 1 N–H and O–H groups in total. The van der Waals surface area contributed by atoms with Crippen LogP contribution in [0.25, 0.3) is 0 Å². The molecular weight excluding hydrogens is 298 g/mol. The normalized spacial score (nSPS) is 14.5. The van der Waals surface area contributed by atoms with Crippen LogP contribution in [0.3, 0.4) is 0 Å². The SMILES string of the molecule is CC(NC(=O)C(S)C(C)C)c1cccc(Br)c1. The lowest BCUT2D eigenvalue weighted by Gasteiger charge is -2.19. The van der Waals surface area contributed by atoms with Gasteiger partial charge in [-0.3, -0.25) is 4.79 Å².